The molecule has 0 rings (SSSR count). The molecule has 1 atom stereocenters. The van der Waals surface area contributed by atoms with E-state index in [1.807, 2.05) is 0 Å². The monoisotopic (exact) mass is 152 g/mol. The van der Waals surface area contributed by atoms with Gasteiger partial charge < -0.3 is 20.3 Å². The molecule has 0 radical (unpaired) electrons. The maximum atomic E-state index is 8.55. The molecule has 0 aromatic rings. The Balaban J connectivity index is 3.03. The fourth-order valence-corrected chi connectivity index (χ4v) is 0.231. The molecule has 10 heavy (non-hydrogen) atoms. The van der Waals surface area contributed by atoms with Crippen LogP contribution in [0.4, 0.5) is 0 Å². The van der Waals surface area contributed by atoms with Crippen molar-refractivity contribution in [1.29, 1.82) is 0 Å². The Morgan fingerprint density at radius 3 is 2.40 bits per heavy atom. The predicted octanol–water partition coefficient (Wildman–Crippen LogP) is -2.74. The van der Waals surface area contributed by atoms with Crippen molar-refractivity contribution in [3.63, 3.8) is 0 Å². The third kappa shape index (κ3) is 5.95. The van der Waals surface area contributed by atoms with Crippen LogP contribution >= 0.6 is 0 Å². The minimum absolute atomic E-state index is 0.311. The molecule has 0 heterocycles. The molecule has 0 fully saturated rings. The van der Waals surface area contributed by atoms with Gasteiger partial charge in [0.05, 0.1) is 6.61 Å². The molecule has 60 valence electrons. The van der Waals surface area contributed by atoms with Crippen molar-refractivity contribution in [1.82, 2.24) is 0 Å². The Bertz CT molecular complexity index is 77.4. The summed E-state index contributed by atoms with van der Waals surface area (Å²) in [6.45, 7) is -0.779. The van der Waals surface area contributed by atoms with Crippen LogP contribution in [0.15, 0.2) is 0 Å². The van der Waals surface area contributed by atoms with Gasteiger partial charge in [0.25, 0.3) is 0 Å². The molecule has 0 aromatic heterocycles. The summed E-state index contributed by atoms with van der Waals surface area (Å²) in [4.78, 5) is 7.79. The minimum atomic E-state index is -2.02. The number of hydrogen-bond donors (Lipinski definition) is 4. The Morgan fingerprint density at radius 1 is 1.40 bits per heavy atom. The summed E-state index contributed by atoms with van der Waals surface area (Å²) in [6, 6.07) is 0. The fraction of sp³-hybridized carbons (Fsp3) is 1.00. The van der Waals surface area contributed by atoms with Gasteiger partial charge >= 0.3 is 7.32 Å². The van der Waals surface area contributed by atoms with Crippen LogP contribution in [-0.4, -0.2) is 46.9 Å². The van der Waals surface area contributed by atoms with Crippen LogP contribution in [0.25, 0.3) is 0 Å². The van der Waals surface area contributed by atoms with Gasteiger partial charge in [-0.25, -0.2) is 9.69 Å². The fourth-order valence-electron chi connectivity index (χ4n) is 0.231. The summed E-state index contributed by atoms with van der Waals surface area (Å²) >= 11 is 0. The second-order valence-corrected chi connectivity index (χ2v) is 1.54. The van der Waals surface area contributed by atoms with Gasteiger partial charge in [0.2, 0.25) is 0 Å². The van der Waals surface area contributed by atoms with Gasteiger partial charge in [0.1, 0.15) is 12.7 Å². The SMILES string of the molecule is OCC(O)COOB(O)O. The summed E-state index contributed by atoms with van der Waals surface area (Å²) in [6.07, 6.45) is -1.07. The van der Waals surface area contributed by atoms with Crippen molar-refractivity contribution in [2.24, 2.45) is 0 Å². The Morgan fingerprint density at radius 2 is 2.00 bits per heavy atom. The maximum Gasteiger partial charge on any atom is 0.662 e. The maximum absolute atomic E-state index is 8.55. The molecule has 7 heteroatoms. The van der Waals surface area contributed by atoms with Gasteiger partial charge in [0, 0.05) is 0 Å². The smallest absolute Gasteiger partial charge is 0.400 e. The van der Waals surface area contributed by atoms with E-state index in [0.29, 0.717) is 0 Å². The lowest BCUT2D eigenvalue weighted by Gasteiger charge is -2.05. The van der Waals surface area contributed by atoms with Crippen LogP contribution < -0.4 is 0 Å². The first-order valence-corrected chi connectivity index (χ1v) is 2.60. The van der Waals surface area contributed by atoms with E-state index in [1.54, 1.807) is 0 Å². The first kappa shape index (κ1) is 9.82. The number of hydrogen-bond acceptors (Lipinski definition) is 6. The highest BCUT2D eigenvalue weighted by Gasteiger charge is 2.10. The van der Waals surface area contributed by atoms with Crippen molar-refractivity contribution in [3.8, 4) is 0 Å². The number of rotatable bonds is 5. The van der Waals surface area contributed by atoms with Crippen molar-refractivity contribution >= 4 is 7.32 Å². The second kappa shape index (κ2) is 5.60. The van der Waals surface area contributed by atoms with Crippen LogP contribution in [-0.2, 0) is 9.69 Å². The molecule has 1 unspecified atom stereocenters. The molecule has 0 aliphatic rings. The van der Waals surface area contributed by atoms with E-state index in [4.69, 9.17) is 20.3 Å². The summed E-state index contributed by atoms with van der Waals surface area (Å²) in [5, 5.41) is 32.7. The van der Waals surface area contributed by atoms with E-state index < -0.39 is 20.0 Å². The van der Waals surface area contributed by atoms with Crippen molar-refractivity contribution in [3.05, 3.63) is 0 Å². The quantitative estimate of drug-likeness (QED) is 0.193. The summed E-state index contributed by atoms with van der Waals surface area (Å²) < 4.78 is 0. The van der Waals surface area contributed by atoms with E-state index in [2.05, 4.69) is 9.69 Å². The molecule has 0 aliphatic heterocycles. The lowest BCUT2D eigenvalue weighted by Crippen LogP contribution is -2.24. The molecule has 0 saturated carbocycles. The molecule has 0 aliphatic carbocycles. The first-order valence-electron chi connectivity index (χ1n) is 2.60. The van der Waals surface area contributed by atoms with Crippen LogP contribution in [0.5, 0.6) is 0 Å². The average Bonchev–Trinajstić information content (AvgIpc) is 1.87. The predicted molar refractivity (Wildman–Crippen MR) is 30.3 cm³/mol. The van der Waals surface area contributed by atoms with Crippen molar-refractivity contribution in [2.75, 3.05) is 13.2 Å². The highest BCUT2D eigenvalue weighted by molar-refractivity contribution is 6.32. The van der Waals surface area contributed by atoms with Crippen LogP contribution in [0.3, 0.4) is 0 Å². The zero-order chi connectivity index (χ0) is 7.98. The lowest BCUT2D eigenvalue weighted by molar-refractivity contribution is -0.250. The highest BCUT2D eigenvalue weighted by atomic mass is 17.2. The van der Waals surface area contributed by atoms with Crippen molar-refractivity contribution < 1.29 is 30.0 Å². The average molecular weight is 152 g/mol. The molecule has 0 saturated heterocycles. The van der Waals surface area contributed by atoms with Crippen LogP contribution in [0, 0.1) is 0 Å². The van der Waals surface area contributed by atoms with Gasteiger partial charge in [-0.2, -0.15) is 0 Å². The number of aliphatic hydroxyl groups is 2. The molecule has 0 spiro atoms. The van der Waals surface area contributed by atoms with Gasteiger partial charge in [-0.15, -0.1) is 0 Å². The Kier molecular flexibility index (Phi) is 5.50. The van der Waals surface area contributed by atoms with Crippen LogP contribution in [0.1, 0.15) is 0 Å². The van der Waals surface area contributed by atoms with E-state index >= 15 is 0 Å². The van der Waals surface area contributed by atoms with Crippen LogP contribution in [0.2, 0.25) is 0 Å². The summed E-state index contributed by atoms with van der Waals surface area (Å²) in [7, 11) is -2.02. The highest BCUT2D eigenvalue weighted by Crippen LogP contribution is 1.85. The Hall–Kier alpha value is -0.175. The van der Waals surface area contributed by atoms with Gasteiger partial charge in [-0.1, -0.05) is 0 Å². The Labute approximate surface area is 57.7 Å². The molecular weight excluding hydrogens is 143 g/mol. The molecule has 4 N–H and O–H groups in total. The molecule has 0 amide bonds. The van der Waals surface area contributed by atoms with E-state index in [-0.39, 0.29) is 6.61 Å². The van der Waals surface area contributed by atoms with Crippen molar-refractivity contribution in [2.45, 2.75) is 6.10 Å². The van der Waals surface area contributed by atoms with Gasteiger partial charge in [-0.05, 0) is 0 Å². The van der Waals surface area contributed by atoms with E-state index in [9.17, 15) is 0 Å². The number of aliphatic hydroxyl groups excluding tert-OH is 2. The van der Waals surface area contributed by atoms with Gasteiger partial charge in [-0.3, -0.25) is 0 Å². The zero-order valence-corrected chi connectivity index (χ0v) is 5.17. The summed E-state index contributed by atoms with van der Waals surface area (Å²) in [5.74, 6) is 0. The zero-order valence-electron chi connectivity index (χ0n) is 5.17. The standard InChI is InChI=1S/C3H9BO6/c5-1-3(6)2-9-10-4(7)8/h3,5-8H,1-2H2. The molecular formula is C3H9BO6. The van der Waals surface area contributed by atoms with E-state index in [1.165, 1.54) is 0 Å². The largest absolute Gasteiger partial charge is 0.662 e. The topological polar surface area (TPSA) is 99.4 Å². The van der Waals surface area contributed by atoms with E-state index in [0.717, 1.165) is 0 Å². The molecule has 6 nitrogen and oxygen atoms in total. The first-order chi connectivity index (χ1) is 4.66. The minimum Gasteiger partial charge on any atom is -0.400 e. The summed E-state index contributed by atoms with van der Waals surface area (Å²) in [5.41, 5.74) is 0. The molecule has 0 bridgehead atoms. The lowest BCUT2D eigenvalue weighted by atomic mass is 10.3. The van der Waals surface area contributed by atoms with Gasteiger partial charge in [0.15, 0.2) is 0 Å². The second-order valence-electron chi connectivity index (χ2n) is 1.54. The normalized spacial score (nSPS) is 13.2. The third-order valence-corrected chi connectivity index (χ3v) is 0.625. The molecule has 0 aromatic carbocycles. The third-order valence-electron chi connectivity index (χ3n) is 0.625.